The number of carbonyl (C=O) groups is 1. The van der Waals surface area contributed by atoms with Crippen molar-refractivity contribution in [1.29, 1.82) is 0 Å². The van der Waals surface area contributed by atoms with Gasteiger partial charge in [-0.05, 0) is 44.7 Å². The molecule has 3 heteroatoms. The van der Waals surface area contributed by atoms with Gasteiger partial charge in [0, 0.05) is 20.2 Å². The Bertz CT molecular complexity index is 706. The number of ether oxygens (including phenoxy) is 1. The standard InChI is InChI=1S/C16H23NO.C9H12O.2C2H6/c1-16(2,13-9-5-4-6-10-13)15(18)17(3)14-11-7-8-12-14;1-8(10-2)9-6-4-3-5-7-9;2*1-2/h4-6,9-10,14H,7-8,11-12H2,1-3H3;3-8H,1-2H3;2*1-2H3. The molecule has 1 unspecified atom stereocenters. The second kappa shape index (κ2) is 16.5. The van der Waals surface area contributed by atoms with Crippen LogP contribution >= 0.6 is 0 Å². The minimum absolute atomic E-state index is 0.209. The van der Waals surface area contributed by atoms with E-state index in [4.69, 9.17) is 4.74 Å². The molecule has 0 spiro atoms. The molecule has 1 aliphatic carbocycles. The smallest absolute Gasteiger partial charge is 0.232 e. The molecule has 0 radical (unpaired) electrons. The topological polar surface area (TPSA) is 29.5 Å². The molecule has 0 saturated heterocycles. The Morgan fingerprint density at radius 3 is 1.78 bits per heavy atom. The molecular formula is C29H47NO2. The van der Waals surface area contributed by atoms with E-state index in [9.17, 15) is 4.79 Å². The molecule has 1 amide bonds. The number of carbonyl (C=O) groups excluding carboxylic acids is 1. The van der Waals surface area contributed by atoms with Gasteiger partial charge >= 0.3 is 0 Å². The van der Waals surface area contributed by atoms with Crippen LogP contribution in [0, 0.1) is 0 Å². The predicted molar refractivity (Wildman–Crippen MR) is 139 cm³/mol. The molecule has 1 atom stereocenters. The molecule has 32 heavy (non-hydrogen) atoms. The minimum Gasteiger partial charge on any atom is -0.377 e. The minimum atomic E-state index is -0.432. The fourth-order valence-electron chi connectivity index (χ4n) is 3.74. The summed E-state index contributed by atoms with van der Waals surface area (Å²) in [5.41, 5.74) is 1.89. The Hall–Kier alpha value is -2.13. The summed E-state index contributed by atoms with van der Waals surface area (Å²) >= 11 is 0. The lowest BCUT2D eigenvalue weighted by Crippen LogP contribution is -2.45. The molecule has 1 saturated carbocycles. The Labute approximate surface area is 198 Å². The van der Waals surface area contributed by atoms with Crippen molar-refractivity contribution < 1.29 is 9.53 Å². The summed E-state index contributed by atoms with van der Waals surface area (Å²) < 4.78 is 5.14. The SMILES string of the molecule is CC.CC.CN(C(=O)C(C)(C)c1ccccc1)C1CCCC1.COC(C)c1ccccc1. The average molecular weight is 442 g/mol. The van der Waals surface area contributed by atoms with E-state index in [2.05, 4.69) is 12.1 Å². The van der Waals surface area contributed by atoms with Crippen molar-refractivity contribution in [1.82, 2.24) is 4.90 Å². The number of hydrogen-bond donors (Lipinski definition) is 0. The highest BCUT2D eigenvalue weighted by Crippen LogP contribution is 2.29. The molecule has 0 aromatic heterocycles. The Kier molecular flexibility index (Phi) is 15.4. The lowest BCUT2D eigenvalue weighted by molar-refractivity contribution is -0.137. The first-order valence-electron chi connectivity index (χ1n) is 12.3. The lowest BCUT2D eigenvalue weighted by atomic mass is 9.83. The Balaban J connectivity index is 0.000000582. The fraction of sp³-hybridized carbons (Fsp3) is 0.552. The third-order valence-electron chi connectivity index (χ3n) is 5.85. The van der Waals surface area contributed by atoms with Gasteiger partial charge in [0.1, 0.15) is 0 Å². The van der Waals surface area contributed by atoms with Crippen molar-refractivity contribution in [2.75, 3.05) is 14.2 Å². The van der Waals surface area contributed by atoms with Gasteiger partial charge in [0.25, 0.3) is 0 Å². The van der Waals surface area contributed by atoms with Crippen molar-refractivity contribution in [3.63, 3.8) is 0 Å². The number of amides is 1. The van der Waals surface area contributed by atoms with Gasteiger partial charge < -0.3 is 9.64 Å². The number of methoxy groups -OCH3 is 1. The Morgan fingerprint density at radius 2 is 1.34 bits per heavy atom. The summed E-state index contributed by atoms with van der Waals surface area (Å²) in [6, 6.07) is 20.7. The van der Waals surface area contributed by atoms with Crippen LogP contribution in [0.4, 0.5) is 0 Å². The van der Waals surface area contributed by atoms with Gasteiger partial charge in [-0.15, -0.1) is 0 Å². The normalized spacial score (nSPS) is 13.9. The fourth-order valence-corrected chi connectivity index (χ4v) is 3.74. The van der Waals surface area contributed by atoms with E-state index in [-0.39, 0.29) is 12.0 Å². The third-order valence-corrected chi connectivity index (χ3v) is 5.85. The second-order valence-electron chi connectivity index (χ2n) is 8.13. The third kappa shape index (κ3) is 9.16. The van der Waals surface area contributed by atoms with Gasteiger partial charge in [0.2, 0.25) is 5.91 Å². The van der Waals surface area contributed by atoms with Crippen LogP contribution in [0.5, 0.6) is 0 Å². The van der Waals surface area contributed by atoms with Crippen LogP contribution in [0.3, 0.4) is 0 Å². The lowest BCUT2D eigenvalue weighted by Gasteiger charge is -2.33. The molecule has 2 aromatic rings. The van der Waals surface area contributed by atoms with Crippen LogP contribution in [-0.2, 0) is 14.9 Å². The van der Waals surface area contributed by atoms with Crippen molar-refractivity contribution in [2.24, 2.45) is 0 Å². The summed E-state index contributed by atoms with van der Waals surface area (Å²) in [5, 5.41) is 0. The average Bonchev–Trinajstić information content (AvgIpc) is 3.41. The molecule has 0 bridgehead atoms. The summed E-state index contributed by atoms with van der Waals surface area (Å²) in [4.78, 5) is 14.7. The zero-order valence-electron chi connectivity index (χ0n) is 22.0. The Morgan fingerprint density at radius 1 is 0.906 bits per heavy atom. The van der Waals surface area contributed by atoms with Crippen molar-refractivity contribution in [2.45, 2.75) is 91.7 Å². The first-order chi connectivity index (χ1) is 15.4. The monoisotopic (exact) mass is 441 g/mol. The molecular weight excluding hydrogens is 394 g/mol. The first kappa shape index (κ1) is 29.9. The van der Waals surface area contributed by atoms with Gasteiger partial charge in [0.15, 0.2) is 0 Å². The molecule has 1 fully saturated rings. The zero-order chi connectivity index (χ0) is 24.6. The molecule has 0 aliphatic heterocycles. The molecule has 0 N–H and O–H groups in total. The van der Waals surface area contributed by atoms with E-state index in [0.717, 1.165) is 18.4 Å². The van der Waals surface area contributed by atoms with Gasteiger partial charge in [-0.25, -0.2) is 0 Å². The molecule has 180 valence electrons. The summed E-state index contributed by atoms with van der Waals surface area (Å²) in [6.45, 7) is 14.1. The largest absolute Gasteiger partial charge is 0.377 e. The van der Waals surface area contributed by atoms with Crippen molar-refractivity contribution in [3.05, 3.63) is 71.8 Å². The molecule has 3 rings (SSSR count). The highest BCUT2D eigenvalue weighted by molar-refractivity contribution is 5.87. The molecule has 2 aromatic carbocycles. The van der Waals surface area contributed by atoms with Crippen LogP contribution in [-0.4, -0.2) is 31.0 Å². The maximum absolute atomic E-state index is 12.7. The molecule has 1 aliphatic rings. The van der Waals surface area contributed by atoms with E-state index < -0.39 is 5.41 Å². The highest BCUT2D eigenvalue weighted by atomic mass is 16.5. The quantitative estimate of drug-likeness (QED) is 0.473. The first-order valence-corrected chi connectivity index (χ1v) is 12.3. The zero-order valence-corrected chi connectivity index (χ0v) is 22.0. The van der Waals surface area contributed by atoms with E-state index in [0.29, 0.717) is 6.04 Å². The number of benzene rings is 2. The predicted octanol–water partition coefficient (Wildman–Crippen LogP) is 7.81. The van der Waals surface area contributed by atoms with Crippen LogP contribution in [0.1, 0.15) is 91.4 Å². The maximum Gasteiger partial charge on any atom is 0.232 e. The highest BCUT2D eigenvalue weighted by Gasteiger charge is 2.35. The number of hydrogen-bond acceptors (Lipinski definition) is 2. The van der Waals surface area contributed by atoms with Crippen molar-refractivity contribution >= 4 is 5.91 Å². The summed E-state index contributed by atoms with van der Waals surface area (Å²) in [6.07, 6.45) is 5.05. The van der Waals surface area contributed by atoms with Crippen molar-refractivity contribution in [3.8, 4) is 0 Å². The number of likely N-dealkylation sites (N-methyl/N-ethyl adjacent to an activating group) is 1. The summed E-state index contributed by atoms with van der Waals surface area (Å²) in [7, 11) is 3.68. The van der Waals surface area contributed by atoms with Gasteiger partial charge in [-0.3, -0.25) is 4.79 Å². The molecule has 3 nitrogen and oxygen atoms in total. The van der Waals surface area contributed by atoms with Crippen LogP contribution in [0.25, 0.3) is 0 Å². The van der Waals surface area contributed by atoms with E-state index >= 15 is 0 Å². The summed E-state index contributed by atoms with van der Waals surface area (Å²) in [5.74, 6) is 0.237. The number of rotatable bonds is 5. The van der Waals surface area contributed by atoms with E-state index in [1.807, 2.05) is 109 Å². The van der Waals surface area contributed by atoms with Crippen LogP contribution in [0.15, 0.2) is 60.7 Å². The van der Waals surface area contributed by atoms with Gasteiger partial charge in [0.05, 0.1) is 11.5 Å². The van der Waals surface area contributed by atoms with Gasteiger partial charge in [-0.1, -0.05) is 101 Å². The number of nitrogens with zero attached hydrogens (tertiary/aromatic N) is 1. The van der Waals surface area contributed by atoms with E-state index in [1.165, 1.54) is 18.4 Å². The maximum atomic E-state index is 12.7. The van der Waals surface area contributed by atoms with Gasteiger partial charge in [-0.2, -0.15) is 0 Å². The van der Waals surface area contributed by atoms with Crippen LogP contribution < -0.4 is 0 Å². The molecule has 0 heterocycles. The second-order valence-corrected chi connectivity index (χ2v) is 8.13. The van der Waals surface area contributed by atoms with E-state index in [1.54, 1.807) is 7.11 Å². The van der Waals surface area contributed by atoms with Crippen LogP contribution in [0.2, 0.25) is 0 Å².